The molecule has 4 rings (SSSR count). The highest BCUT2D eigenvalue weighted by Gasteiger charge is 2.30. The van der Waals surface area contributed by atoms with Gasteiger partial charge in [0.1, 0.15) is 23.0 Å². The summed E-state index contributed by atoms with van der Waals surface area (Å²) in [6.07, 6.45) is 1.56. The highest BCUT2D eigenvalue weighted by atomic mass is 16.5. The number of rotatable bonds is 5. The SMILES string of the molecule is Cc1cc(C(=O)N2CCCC(C(=O)c3ccc(Oc4ccccc4)cc3)C2)nc(C)n1. The fourth-order valence-corrected chi connectivity index (χ4v) is 3.91. The van der Waals surface area contributed by atoms with Crippen LogP contribution in [0.2, 0.25) is 0 Å². The minimum atomic E-state index is -0.220. The number of ether oxygens (including phenoxy) is 1. The third-order valence-electron chi connectivity index (χ3n) is 5.38. The first-order valence-electron chi connectivity index (χ1n) is 10.5. The average molecular weight is 415 g/mol. The minimum absolute atomic E-state index is 0.0545. The molecule has 0 N–H and O–H groups in total. The second-order valence-electron chi connectivity index (χ2n) is 7.84. The molecule has 6 nitrogen and oxygen atoms in total. The maximum Gasteiger partial charge on any atom is 0.272 e. The van der Waals surface area contributed by atoms with Crippen molar-refractivity contribution in [3.63, 3.8) is 0 Å². The molecule has 0 aliphatic carbocycles. The average Bonchev–Trinajstić information content (AvgIpc) is 2.79. The molecule has 2 heterocycles. The summed E-state index contributed by atoms with van der Waals surface area (Å²) >= 11 is 0. The number of carbonyl (C=O) groups is 2. The van der Waals surface area contributed by atoms with E-state index >= 15 is 0 Å². The van der Waals surface area contributed by atoms with Gasteiger partial charge in [0.25, 0.3) is 5.91 Å². The number of carbonyl (C=O) groups excluding carboxylic acids is 2. The molecule has 1 unspecified atom stereocenters. The third-order valence-corrected chi connectivity index (χ3v) is 5.38. The number of likely N-dealkylation sites (tertiary alicyclic amines) is 1. The molecule has 1 amide bonds. The Morgan fingerprint density at radius 2 is 1.68 bits per heavy atom. The van der Waals surface area contributed by atoms with E-state index in [-0.39, 0.29) is 17.6 Å². The second kappa shape index (κ2) is 9.08. The van der Waals surface area contributed by atoms with E-state index in [1.807, 2.05) is 37.3 Å². The summed E-state index contributed by atoms with van der Waals surface area (Å²) in [6, 6.07) is 18.4. The Kier molecular flexibility index (Phi) is 6.07. The van der Waals surface area contributed by atoms with Gasteiger partial charge in [-0.15, -0.1) is 0 Å². The molecular weight excluding hydrogens is 390 g/mol. The van der Waals surface area contributed by atoms with Crippen LogP contribution in [0.3, 0.4) is 0 Å². The van der Waals surface area contributed by atoms with E-state index in [1.165, 1.54) is 0 Å². The van der Waals surface area contributed by atoms with Gasteiger partial charge in [-0.1, -0.05) is 18.2 Å². The Labute approximate surface area is 181 Å². The third kappa shape index (κ3) is 4.97. The molecule has 1 saturated heterocycles. The van der Waals surface area contributed by atoms with E-state index in [9.17, 15) is 9.59 Å². The van der Waals surface area contributed by atoms with Crippen molar-refractivity contribution in [1.82, 2.24) is 14.9 Å². The summed E-state index contributed by atoms with van der Waals surface area (Å²) < 4.78 is 5.80. The maximum absolute atomic E-state index is 13.1. The molecule has 1 aliphatic rings. The summed E-state index contributed by atoms with van der Waals surface area (Å²) in [5.41, 5.74) is 1.78. The van der Waals surface area contributed by atoms with Gasteiger partial charge in [0.05, 0.1) is 0 Å². The van der Waals surface area contributed by atoms with E-state index in [0.717, 1.165) is 24.3 Å². The largest absolute Gasteiger partial charge is 0.457 e. The topological polar surface area (TPSA) is 72.4 Å². The molecule has 0 radical (unpaired) electrons. The van der Waals surface area contributed by atoms with Gasteiger partial charge >= 0.3 is 0 Å². The minimum Gasteiger partial charge on any atom is -0.457 e. The van der Waals surface area contributed by atoms with Crippen molar-refractivity contribution in [2.45, 2.75) is 26.7 Å². The van der Waals surface area contributed by atoms with E-state index in [4.69, 9.17) is 4.74 Å². The van der Waals surface area contributed by atoms with Crippen LogP contribution < -0.4 is 4.74 Å². The molecule has 0 bridgehead atoms. The fraction of sp³-hybridized carbons (Fsp3) is 0.280. The number of aromatic nitrogens is 2. The van der Waals surface area contributed by atoms with Gasteiger partial charge in [0, 0.05) is 30.3 Å². The van der Waals surface area contributed by atoms with Gasteiger partial charge in [-0.3, -0.25) is 9.59 Å². The Morgan fingerprint density at radius 1 is 0.968 bits per heavy atom. The molecule has 1 aromatic heterocycles. The number of nitrogens with zero attached hydrogens (tertiary/aromatic N) is 3. The lowest BCUT2D eigenvalue weighted by Gasteiger charge is -2.32. The summed E-state index contributed by atoms with van der Waals surface area (Å²) in [7, 11) is 0. The number of amides is 1. The Morgan fingerprint density at radius 3 is 2.39 bits per heavy atom. The molecule has 1 aliphatic heterocycles. The van der Waals surface area contributed by atoms with Crippen molar-refractivity contribution in [1.29, 1.82) is 0 Å². The maximum atomic E-state index is 13.1. The molecule has 2 aromatic carbocycles. The zero-order valence-electron chi connectivity index (χ0n) is 17.7. The number of benzene rings is 2. The van der Waals surface area contributed by atoms with Crippen molar-refractivity contribution < 1.29 is 14.3 Å². The standard InChI is InChI=1S/C25H25N3O3/c1-17-15-23(27-18(2)26-17)25(30)28-14-6-7-20(16-28)24(29)19-10-12-22(13-11-19)31-21-8-4-3-5-9-21/h3-5,8-13,15,20H,6-7,14,16H2,1-2H3. The molecule has 1 atom stereocenters. The van der Waals surface area contributed by atoms with Crippen LogP contribution in [-0.4, -0.2) is 39.6 Å². The lowest BCUT2D eigenvalue weighted by molar-refractivity contribution is 0.0631. The zero-order chi connectivity index (χ0) is 21.8. The van der Waals surface area contributed by atoms with Crippen LogP contribution in [0.1, 0.15) is 45.2 Å². The Bertz CT molecular complexity index is 1060. The first-order chi connectivity index (χ1) is 15.0. The molecule has 3 aromatic rings. The van der Waals surface area contributed by atoms with Crippen molar-refractivity contribution in [2.24, 2.45) is 5.92 Å². The summed E-state index contributed by atoms with van der Waals surface area (Å²) in [6.45, 7) is 4.66. The molecular formula is C25H25N3O3. The second-order valence-corrected chi connectivity index (χ2v) is 7.84. The Balaban J connectivity index is 1.43. The van der Waals surface area contributed by atoms with E-state index in [0.29, 0.717) is 35.9 Å². The van der Waals surface area contributed by atoms with Crippen molar-refractivity contribution in [3.05, 3.63) is 83.4 Å². The number of piperidine rings is 1. The molecule has 158 valence electrons. The smallest absolute Gasteiger partial charge is 0.272 e. The molecule has 1 fully saturated rings. The number of Topliss-reactive ketones (excluding diaryl/α,β-unsaturated/α-hetero) is 1. The lowest BCUT2D eigenvalue weighted by atomic mass is 9.90. The van der Waals surface area contributed by atoms with Gasteiger partial charge in [-0.2, -0.15) is 0 Å². The molecule has 0 spiro atoms. The zero-order valence-corrected chi connectivity index (χ0v) is 17.7. The van der Waals surface area contributed by atoms with Crippen LogP contribution in [0.4, 0.5) is 0 Å². The first-order valence-corrected chi connectivity index (χ1v) is 10.5. The summed E-state index contributed by atoms with van der Waals surface area (Å²) in [5.74, 6) is 1.70. The molecule has 6 heteroatoms. The van der Waals surface area contributed by atoms with Crippen LogP contribution in [0.25, 0.3) is 0 Å². The predicted octanol–water partition coefficient (Wildman–Crippen LogP) is 4.62. The van der Waals surface area contributed by atoms with Gasteiger partial charge < -0.3 is 9.64 Å². The van der Waals surface area contributed by atoms with Gasteiger partial charge in [0.15, 0.2) is 5.78 Å². The number of para-hydroxylation sites is 1. The normalized spacial score (nSPS) is 16.1. The number of aryl methyl sites for hydroxylation is 2. The van der Waals surface area contributed by atoms with Gasteiger partial charge in [-0.25, -0.2) is 9.97 Å². The van der Waals surface area contributed by atoms with Crippen LogP contribution in [0, 0.1) is 19.8 Å². The number of hydrogen-bond acceptors (Lipinski definition) is 5. The van der Waals surface area contributed by atoms with Crippen LogP contribution in [-0.2, 0) is 0 Å². The summed E-state index contributed by atoms with van der Waals surface area (Å²) in [4.78, 5) is 36.3. The van der Waals surface area contributed by atoms with E-state index < -0.39 is 0 Å². The van der Waals surface area contributed by atoms with Crippen molar-refractivity contribution >= 4 is 11.7 Å². The lowest BCUT2D eigenvalue weighted by Crippen LogP contribution is -2.42. The monoisotopic (exact) mass is 415 g/mol. The van der Waals surface area contributed by atoms with Crippen molar-refractivity contribution in [3.8, 4) is 11.5 Å². The first kappa shape index (κ1) is 20.7. The number of ketones is 1. The fourth-order valence-electron chi connectivity index (χ4n) is 3.91. The van der Waals surface area contributed by atoms with E-state index in [1.54, 1.807) is 42.2 Å². The van der Waals surface area contributed by atoms with Crippen LogP contribution in [0.5, 0.6) is 11.5 Å². The highest BCUT2D eigenvalue weighted by molar-refractivity contribution is 5.99. The highest BCUT2D eigenvalue weighted by Crippen LogP contribution is 2.25. The van der Waals surface area contributed by atoms with Crippen LogP contribution in [0.15, 0.2) is 60.7 Å². The molecule has 31 heavy (non-hydrogen) atoms. The quantitative estimate of drug-likeness (QED) is 0.569. The van der Waals surface area contributed by atoms with E-state index in [2.05, 4.69) is 9.97 Å². The Hall–Kier alpha value is -3.54. The van der Waals surface area contributed by atoms with Crippen LogP contribution >= 0.6 is 0 Å². The number of hydrogen-bond donors (Lipinski definition) is 0. The van der Waals surface area contributed by atoms with Gasteiger partial charge in [0.2, 0.25) is 0 Å². The van der Waals surface area contributed by atoms with Crippen molar-refractivity contribution in [2.75, 3.05) is 13.1 Å². The summed E-state index contributed by atoms with van der Waals surface area (Å²) in [5, 5.41) is 0. The molecule has 0 saturated carbocycles. The predicted molar refractivity (Wildman–Crippen MR) is 117 cm³/mol. The van der Waals surface area contributed by atoms with Gasteiger partial charge in [-0.05, 0) is 69.2 Å².